The molecule has 16 heavy (non-hydrogen) atoms. The van der Waals surface area contributed by atoms with Crippen LogP contribution in [0.15, 0.2) is 23.1 Å². The van der Waals surface area contributed by atoms with E-state index in [2.05, 4.69) is 10.6 Å². The average Bonchev–Trinajstić information content (AvgIpc) is 2.26. The number of anilines is 1. The summed E-state index contributed by atoms with van der Waals surface area (Å²) in [4.78, 5) is 12.2. The number of halogens is 1. The number of rotatable bonds is 4. The van der Waals surface area contributed by atoms with Gasteiger partial charge in [0.1, 0.15) is 0 Å². The third kappa shape index (κ3) is 3.92. The van der Waals surface area contributed by atoms with Crippen molar-refractivity contribution in [1.29, 1.82) is 0 Å². The molecule has 0 atom stereocenters. The fourth-order valence-corrected chi connectivity index (χ4v) is 1.96. The molecule has 4 nitrogen and oxygen atoms in total. The van der Waals surface area contributed by atoms with Gasteiger partial charge in [-0.25, -0.2) is 4.79 Å². The second-order valence-electron chi connectivity index (χ2n) is 2.95. The Balaban J connectivity index is 2.61. The highest BCUT2D eigenvalue weighted by atomic mass is 35.5. The molecule has 0 radical (unpaired) electrons. The van der Waals surface area contributed by atoms with Crippen molar-refractivity contribution in [2.75, 3.05) is 24.7 Å². The number of benzene rings is 1. The highest BCUT2D eigenvalue weighted by Gasteiger charge is 2.03. The highest BCUT2D eigenvalue weighted by molar-refractivity contribution is 7.98. The van der Waals surface area contributed by atoms with Gasteiger partial charge in [0.2, 0.25) is 0 Å². The number of amides is 2. The molecule has 3 N–H and O–H groups in total. The minimum Gasteiger partial charge on any atom is -0.395 e. The zero-order valence-corrected chi connectivity index (χ0v) is 10.4. The van der Waals surface area contributed by atoms with Crippen molar-refractivity contribution in [2.45, 2.75) is 4.90 Å². The first kappa shape index (κ1) is 13.2. The van der Waals surface area contributed by atoms with Crippen molar-refractivity contribution in [3.8, 4) is 0 Å². The van der Waals surface area contributed by atoms with Crippen LogP contribution in [0.2, 0.25) is 5.02 Å². The first-order chi connectivity index (χ1) is 7.67. The molecular formula is C10H13ClN2O2S. The molecule has 88 valence electrons. The van der Waals surface area contributed by atoms with Crippen LogP contribution in [-0.2, 0) is 0 Å². The first-order valence-electron chi connectivity index (χ1n) is 4.66. The molecule has 2 amide bonds. The van der Waals surface area contributed by atoms with E-state index in [9.17, 15) is 4.79 Å². The molecular weight excluding hydrogens is 248 g/mol. The van der Waals surface area contributed by atoms with Crippen molar-refractivity contribution in [2.24, 2.45) is 0 Å². The summed E-state index contributed by atoms with van der Waals surface area (Å²) in [6.07, 6.45) is 1.93. The summed E-state index contributed by atoms with van der Waals surface area (Å²) in [7, 11) is 0. The molecule has 0 aliphatic heterocycles. The van der Waals surface area contributed by atoms with Crippen LogP contribution < -0.4 is 10.6 Å². The van der Waals surface area contributed by atoms with Crippen LogP contribution in [0.1, 0.15) is 0 Å². The summed E-state index contributed by atoms with van der Waals surface area (Å²) in [6, 6.07) is 4.94. The number of carbonyl (C=O) groups excluding carboxylic acids is 1. The molecule has 1 aromatic rings. The van der Waals surface area contributed by atoms with E-state index in [1.165, 1.54) is 0 Å². The van der Waals surface area contributed by atoms with E-state index >= 15 is 0 Å². The molecule has 6 heteroatoms. The van der Waals surface area contributed by atoms with Crippen molar-refractivity contribution in [3.63, 3.8) is 0 Å². The Bertz CT molecular complexity index is 374. The maximum absolute atomic E-state index is 11.3. The van der Waals surface area contributed by atoms with Crippen LogP contribution in [0.5, 0.6) is 0 Å². The number of urea groups is 1. The van der Waals surface area contributed by atoms with Gasteiger partial charge in [0.25, 0.3) is 0 Å². The van der Waals surface area contributed by atoms with Gasteiger partial charge in [0.15, 0.2) is 0 Å². The SMILES string of the molecule is CSc1ccc(NC(=O)NCCO)cc1Cl. The van der Waals surface area contributed by atoms with Gasteiger partial charge < -0.3 is 15.7 Å². The fraction of sp³-hybridized carbons (Fsp3) is 0.300. The number of aliphatic hydroxyl groups is 1. The lowest BCUT2D eigenvalue weighted by atomic mass is 10.3. The average molecular weight is 261 g/mol. The quantitative estimate of drug-likeness (QED) is 0.727. The lowest BCUT2D eigenvalue weighted by Crippen LogP contribution is -2.30. The predicted octanol–water partition coefficient (Wildman–Crippen LogP) is 2.18. The standard InChI is InChI=1S/C10H13ClN2O2S/c1-16-9-3-2-7(6-8(9)11)13-10(15)12-4-5-14/h2-3,6,14H,4-5H2,1H3,(H2,12,13,15). The van der Waals surface area contributed by atoms with Gasteiger partial charge in [-0.3, -0.25) is 0 Å². The van der Waals surface area contributed by atoms with E-state index in [-0.39, 0.29) is 19.2 Å². The summed E-state index contributed by atoms with van der Waals surface area (Å²) < 4.78 is 0. The lowest BCUT2D eigenvalue weighted by Gasteiger charge is -2.08. The van der Waals surface area contributed by atoms with Gasteiger partial charge in [-0.2, -0.15) is 0 Å². The summed E-state index contributed by atoms with van der Waals surface area (Å²) in [5.41, 5.74) is 0.623. The van der Waals surface area contributed by atoms with E-state index in [1.54, 1.807) is 23.9 Å². The molecule has 0 aliphatic rings. The molecule has 0 unspecified atom stereocenters. The molecule has 0 fully saturated rings. The number of thioether (sulfide) groups is 1. The summed E-state index contributed by atoms with van der Waals surface area (Å²) in [5, 5.41) is 14.2. The Morgan fingerprint density at radius 3 is 2.88 bits per heavy atom. The van der Waals surface area contributed by atoms with Crippen LogP contribution in [0.3, 0.4) is 0 Å². The highest BCUT2D eigenvalue weighted by Crippen LogP contribution is 2.27. The van der Waals surface area contributed by atoms with Gasteiger partial charge in [0, 0.05) is 17.1 Å². The maximum Gasteiger partial charge on any atom is 0.319 e. The number of nitrogens with one attached hydrogen (secondary N) is 2. The van der Waals surface area contributed by atoms with Crippen molar-refractivity contribution >= 4 is 35.1 Å². The first-order valence-corrected chi connectivity index (χ1v) is 6.27. The van der Waals surface area contributed by atoms with Gasteiger partial charge in [-0.05, 0) is 24.5 Å². The Hall–Kier alpha value is -0.910. The number of aliphatic hydroxyl groups excluding tert-OH is 1. The van der Waals surface area contributed by atoms with E-state index in [1.807, 2.05) is 12.3 Å². The Morgan fingerprint density at radius 2 is 2.31 bits per heavy atom. The molecule has 0 aromatic heterocycles. The van der Waals surface area contributed by atoms with Crippen molar-refractivity contribution in [1.82, 2.24) is 5.32 Å². The van der Waals surface area contributed by atoms with Crippen molar-refractivity contribution < 1.29 is 9.90 Å². The van der Waals surface area contributed by atoms with Crippen LogP contribution in [0.25, 0.3) is 0 Å². The maximum atomic E-state index is 11.3. The van der Waals surface area contributed by atoms with Crippen LogP contribution in [0, 0.1) is 0 Å². The minimum absolute atomic E-state index is 0.0837. The van der Waals surface area contributed by atoms with Gasteiger partial charge in [-0.1, -0.05) is 11.6 Å². The molecule has 0 spiro atoms. The monoisotopic (exact) mass is 260 g/mol. The predicted molar refractivity (Wildman–Crippen MR) is 67.3 cm³/mol. The largest absolute Gasteiger partial charge is 0.395 e. The van der Waals surface area contributed by atoms with Gasteiger partial charge in [0.05, 0.1) is 11.6 Å². The molecule has 0 aliphatic carbocycles. The number of hydrogen-bond donors (Lipinski definition) is 3. The minimum atomic E-state index is -0.359. The van der Waals surface area contributed by atoms with Crippen molar-refractivity contribution in [3.05, 3.63) is 23.2 Å². The van der Waals surface area contributed by atoms with E-state index in [0.717, 1.165) is 4.90 Å². The van der Waals surface area contributed by atoms with Gasteiger partial charge >= 0.3 is 6.03 Å². The zero-order valence-electron chi connectivity index (χ0n) is 8.79. The summed E-state index contributed by atoms with van der Waals surface area (Å²) in [5.74, 6) is 0. The zero-order chi connectivity index (χ0) is 12.0. The molecule has 0 heterocycles. The van der Waals surface area contributed by atoms with Crippen LogP contribution >= 0.6 is 23.4 Å². The molecule has 0 bridgehead atoms. The van der Waals surface area contributed by atoms with E-state index in [0.29, 0.717) is 10.7 Å². The number of hydrogen-bond acceptors (Lipinski definition) is 3. The Labute approximate surface area is 103 Å². The Kier molecular flexibility index (Phi) is 5.45. The molecule has 0 saturated heterocycles. The smallest absolute Gasteiger partial charge is 0.319 e. The second-order valence-corrected chi connectivity index (χ2v) is 4.21. The van der Waals surface area contributed by atoms with Gasteiger partial charge in [-0.15, -0.1) is 11.8 Å². The third-order valence-electron chi connectivity index (χ3n) is 1.81. The summed E-state index contributed by atoms with van der Waals surface area (Å²) in [6.45, 7) is 0.141. The third-order valence-corrected chi connectivity index (χ3v) is 3.03. The van der Waals surface area contributed by atoms with Crippen LogP contribution in [0.4, 0.5) is 10.5 Å². The van der Waals surface area contributed by atoms with E-state index < -0.39 is 0 Å². The Morgan fingerprint density at radius 1 is 1.56 bits per heavy atom. The molecule has 1 aromatic carbocycles. The topological polar surface area (TPSA) is 61.4 Å². The number of carbonyl (C=O) groups is 1. The molecule has 0 saturated carbocycles. The second kappa shape index (κ2) is 6.62. The summed E-state index contributed by atoms with van der Waals surface area (Å²) >= 11 is 7.53. The molecule has 1 rings (SSSR count). The van der Waals surface area contributed by atoms with E-state index in [4.69, 9.17) is 16.7 Å². The normalized spacial score (nSPS) is 9.94. The lowest BCUT2D eigenvalue weighted by molar-refractivity contribution is 0.245. The fourth-order valence-electron chi connectivity index (χ4n) is 1.09. The van der Waals surface area contributed by atoms with Crippen LogP contribution in [-0.4, -0.2) is 30.5 Å².